The molecule has 2 atom stereocenters. The smallest absolute Gasteiger partial charge is 0.334 e. The van der Waals surface area contributed by atoms with E-state index >= 15 is 0 Å². The van der Waals surface area contributed by atoms with Crippen molar-refractivity contribution in [2.45, 2.75) is 45.8 Å². The van der Waals surface area contributed by atoms with Gasteiger partial charge in [0.15, 0.2) is 5.60 Å². The third kappa shape index (κ3) is 1.37. The van der Waals surface area contributed by atoms with Crippen LogP contribution in [0.5, 0.6) is 0 Å². The van der Waals surface area contributed by atoms with Gasteiger partial charge in [0.2, 0.25) is 0 Å². The summed E-state index contributed by atoms with van der Waals surface area (Å²) in [6, 6.07) is 0. The van der Waals surface area contributed by atoms with E-state index in [0.717, 1.165) is 5.57 Å². The van der Waals surface area contributed by atoms with E-state index in [2.05, 4.69) is 0 Å². The first-order chi connectivity index (χ1) is 5.93. The Morgan fingerprint density at radius 3 is 2.38 bits per heavy atom. The second kappa shape index (κ2) is 3.14. The van der Waals surface area contributed by atoms with Crippen LogP contribution in [0.2, 0.25) is 0 Å². The highest BCUT2D eigenvalue weighted by atomic mass is 16.6. The molecule has 0 amide bonds. The molecule has 3 nitrogen and oxygen atoms in total. The van der Waals surface area contributed by atoms with Crippen molar-refractivity contribution in [1.29, 1.82) is 0 Å². The molecule has 1 heterocycles. The van der Waals surface area contributed by atoms with Crippen molar-refractivity contribution in [3.63, 3.8) is 0 Å². The molecule has 0 aromatic rings. The van der Waals surface area contributed by atoms with Gasteiger partial charge in [-0.05, 0) is 32.8 Å². The molecule has 0 fully saturated rings. The number of ether oxygens (including phenoxy) is 1. The lowest BCUT2D eigenvalue weighted by Crippen LogP contribution is -2.40. The van der Waals surface area contributed by atoms with Gasteiger partial charge in [0.05, 0.1) is 6.10 Å². The second-order valence-electron chi connectivity index (χ2n) is 3.67. The monoisotopic (exact) mass is 184 g/mol. The third-order valence-corrected chi connectivity index (χ3v) is 2.94. The molecular formula is C10H16O3. The summed E-state index contributed by atoms with van der Waals surface area (Å²) in [7, 11) is 0. The maximum absolute atomic E-state index is 11.2. The van der Waals surface area contributed by atoms with Crippen molar-refractivity contribution in [3.8, 4) is 0 Å². The normalized spacial score (nSPS) is 30.7. The second-order valence-corrected chi connectivity index (χ2v) is 3.67. The molecule has 0 aliphatic carbocycles. The predicted molar refractivity (Wildman–Crippen MR) is 49.2 cm³/mol. The first-order valence-corrected chi connectivity index (χ1v) is 4.52. The van der Waals surface area contributed by atoms with Crippen molar-refractivity contribution in [2.75, 3.05) is 0 Å². The first kappa shape index (κ1) is 10.3. The fraction of sp³-hybridized carbons (Fsp3) is 0.700. The highest BCUT2D eigenvalue weighted by Gasteiger charge is 2.44. The molecule has 1 aliphatic heterocycles. The standard InChI is InChI=1S/C10H16O3/c1-5-8(11)10(4)7(3)6(2)9(12)13-10/h8,11H,5H2,1-4H3. The molecule has 0 aromatic carbocycles. The number of carbonyl (C=O) groups excluding carboxylic acids is 1. The highest BCUT2D eigenvalue weighted by molar-refractivity contribution is 5.92. The molecule has 13 heavy (non-hydrogen) atoms. The summed E-state index contributed by atoms with van der Waals surface area (Å²) in [5.74, 6) is -0.312. The van der Waals surface area contributed by atoms with Crippen LogP contribution in [0.25, 0.3) is 0 Å². The average Bonchev–Trinajstić information content (AvgIpc) is 2.30. The van der Waals surface area contributed by atoms with Gasteiger partial charge in [0, 0.05) is 5.57 Å². The van der Waals surface area contributed by atoms with Gasteiger partial charge in [-0.25, -0.2) is 4.79 Å². The SMILES string of the molecule is CCC(O)C1(C)OC(=O)C(C)=C1C. The molecular weight excluding hydrogens is 168 g/mol. The van der Waals surface area contributed by atoms with Crippen LogP contribution in [-0.2, 0) is 9.53 Å². The molecule has 0 saturated carbocycles. The van der Waals surface area contributed by atoms with Crippen molar-refractivity contribution >= 4 is 5.97 Å². The van der Waals surface area contributed by atoms with Crippen LogP contribution in [0.3, 0.4) is 0 Å². The summed E-state index contributed by atoms with van der Waals surface area (Å²) in [4.78, 5) is 11.2. The van der Waals surface area contributed by atoms with Crippen molar-refractivity contribution in [2.24, 2.45) is 0 Å². The molecule has 1 rings (SSSR count). The Balaban J connectivity index is 3.03. The lowest BCUT2D eigenvalue weighted by molar-refractivity contribution is -0.154. The van der Waals surface area contributed by atoms with E-state index in [-0.39, 0.29) is 5.97 Å². The molecule has 1 N–H and O–H groups in total. The van der Waals surface area contributed by atoms with Crippen LogP contribution in [0.15, 0.2) is 11.1 Å². The van der Waals surface area contributed by atoms with Crippen LogP contribution < -0.4 is 0 Å². The van der Waals surface area contributed by atoms with Crippen LogP contribution in [0, 0.1) is 0 Å². The zero-order valence-corrected chi connectivity index (χ0v) is 8.55. The lowest BCUT2D eigenvalue weighted by Gasteiger charge is -2.29. The number of aliphatic hydroxyl groups excluding tert-OH is 1. The zero-order valence-electron chi connectivity index (χ0n) is 8.55. The summed E-state index contributed by atoms with van der Waals surface area (Å²) < 4.78 is 5.16. The molecule has 2 unspecified atom stereocenters. The van der Waals surface area contributed by atoms with Gasteiger partial charge in [-0.1, -0.05) is 6.92 Å². The van der Waals surface area contributed by atoms with E-state index in [4.69, 9.17) is 4.74 Å². The van der Waals surface area contributed by atoms with Crippen molar-refractivity contribution in [3.05, 3.63) is 11.1 Å². The van der Waals surface area contributed by atoms with Gasteiger partial charge in [0.1, 0.15) is 0 Å². The zero-order chi connectivity index (χ0) is 10.2. The van der Waals surface area contributed by atoms with E-state index in [9.17, 15) is 9.90 Å². The minimum absolute atomic E-state index is 0.312. The molecule has 0 radical (unpaired) electrons. The molecule has 3 heteroatoms. The molecule has 0 aromatic heterocycles. The van der Waals surface area contributed by atoms with Gasteiger partial charge in [0.25, 0.3) is 0 Å². The van der Waals surface area contributed by atoms with E-state index in [1.807, 2.05) is 13.8 Å². The minimum Gasteiger partial charge on any atom is -0.449 e. The number of hydrogen-bond donors (Lipinski definition) is 1. The molecule has 1 aliphatic rings. The Hall–Kier alpha value is -0.830. The fourth-order valence-electron chi connectivity index (χ4n) is 1.58. The van der Waals surface area contributed by atoms with Crippen LogP contribution in [-0.4, -0.2) is 22.8 Å². The predicted octanol–water partition coefficient (Wildman–Crippen LogP) is 1.41. The molecule has 0 bridgehead atoms. The quantitative estimate of drug-likeness (QED) is 0.660. The number of hydrogen-bond acceptors (Lipinski definition) is 3. The summed E-state index contributed by atoms with van der Waals surface area (Å²) in [6.07, 6.45) is -0.0390. The van der Waals surface area contributed by atoms with E-state index in [1.54, 1.807) is 13.8 Å². The fourth-order valence-corrected chi connectivity index (χ4v) is 1.58. The maximum Gasteiger partial charge on any atom is 0.334 e. The maximum atomic E-state index is 11.2. The number of aliphatic hydroxyl groups is 1. The van der Waals surface area contributed by atoms with Gasteiger partial charge in [-0.2, -0.15) is 0 Å². The van der Waals surface area contributed by atoms with Gasteiger partial charge in [-0.3, -0.25) is 0 Å². The number of cyclic esters (lactones) is 1. The van der Waals surface area contributed by atoms with Crippen LogP contribution in [0.1, 0.15) is 34.1 Å². The van der Waals surface area contributed by atoms with Crippen LogP contribution >= 0.6 is 0 Å². The summed E-state index contributed by atoms with van der Waals surface area (Å²) in [5.41, 5.74) is 0.650. The van der Waals surface area contributed by atoms with Gasteiger partial charge in [-0.15, -0.1) is 0 Å². The first-order valence-electron chi connectivity index (χ1n) is 4.52. The number of esters is 1. The Bertz CT molecular complexity index is 267. The van der Waals surface area contributed by atoms with Crippen molar-refractivity contribution < 1.29 is 14.6 Å². The Kier molecular flexibility index (Phi) is 2.48. The Morgan fingerprint density at radius 2 is 2.08 bits per heavy atom. The molecule has 0 spiro atoms. The van der Waals surface area contributed by atoms with Gasteiger partial charge < -0.3 is 9.84 Å². The molecule has 74 valence electrons. The minimum atomic E-state index is -0.810. The van der Waals surface area contributed by atoms with E-state index in [1.165, 1.54) is 0 Å². The van der Waals surface area contributed by atoms with E-state index in [0.29, 0.717) is 12.0 Å². The van der Waals surface area contributed by atoms with Gasteiger partial charge >= 0.3 is 5.97 Å². The topological polar surface area (TPSA) is 46.5 Å². The third-order valence-electron chi connectivity index (χ3n) is 2.94. The summed E-state index contributed by atoms with van der Waals surface area (Å²) in [5, 5.41) is 9.71. The Labute approximate surface area is 78.4 Å². The van der Waals surface area contributed by atoms with Crippen LogP contribution in [0.4, 0.5) is 0 Å². The highest BCUT2D eigenvalue weighted by Crippen LogP contribution is 2.35. The van der Waals surface area contributed by atoms with E-state index < -0.39 is 11.7 Å². The number of carbonyl (C=O) groups is 1. The Morgan fingerprint density at radius 1 is 1.54 bits per heavy atom. The average molecular weight is 184 g/mol. The van der Waals surface area contributed by atoms with Crippen molar-refractivity contribution in [1.82, 2.24) is 0 Å². The molecule has 0 saturated heterocycles. The summed E-state index contributed by atoms with van der Waals surface area (Å²) >= 11 is 0. The lowest BCUT2D eigenvalue weighted by atomic mass is 9.89. The number of rotatable bonds is 2. The summed E-state index contributed by atoms with van der Waals surface area (Å²) in [6.45, 7) is 7.18. The largest absolute Gasteiger partial charge is 0.449 e.